The van der Waals surface area contributed by atoms with Gasteiger partial charge in [0.25, 0.3) is 5.91 Å². The number of aromatic nitrogens is 1. The maximum Gasteiger partial charge on any atom is 0.254 e. The first-order valence-electron chi connectivity index (χ1n) is 9.29. The Morgan fingerprint density at radius 2 is 2.18 bits per heavy atom. The van der Waals surface area contributed by atoms with Crippen molar-refractivity contribution in [3.63, 3.8) is 0 Å². The summed E-state index contributed by atoms with van der Waals surface area (Å²) in [5.41, 5.74) is 1.58. The van der Waals surface area contributed by atoms with Gasteiger partial charge in [0.2, 0.25) is 0 Å². The zero-order valence-corrected chi connectivity index (χ0v) is 18.2. The zero-order chi connectivity index (χ0) is 19.7. The minimum absolute atomic E-state index is 0.0104. The van der Waals surface area contributed by atoms with Gasteiger partial charge in [0, 0.05) is 12.1 Å². The minimum Gasteiger partial charge on any atom is -0.493 e. The van der Waals surface area contributed by atoms with E-state index in [9.17, 15) is 4.79 Å². The average molecular weight is 461 g/mol. The number of carbonyl (C=O) groups is 1. The number of benzene rings is 2. The number of para-hydroxylation sites is 1. The van der Waals surface area contributed by atoms with E-state index >= 15 is 0 Å². The van der Waals surface area contributed by atoms with E-state index in [1.165, 1.54) is 0 Å². The van der Waals surface area contributed by atoms with Gasteiger partial charge in [-0.25, -0.2) is 4.98 Å². The lowest BCUT2D eigenvalue weighted by Gasteiger charge is -2.24. The number of ether oxygens (including phenoxy) is 2. The summed E-state index contributed by atoms with van der Waals surface area (Å²) in [6, 6.07) is 11.7. The quantitative estimate of drug-likeness (QED) is 0.508. The molecule has 2 aromatic carbocycles. The summed E-state index contributed by atoms with van der Waals surface area (Å²) in [5, 5.41) is 1.00. The van der Waals surface area contributed by atoms with Crippen molar-refractivity contribution in [2.75, 3.05) is 20.3 Å². The van der Waals surface area contributed by atoms with Crippen LogP contribution in [0.15, 0.2) is 40.9 Å². The van der Waals surface area contributed by atoms with Gasteiger partial charge in [0.05, 0.1) is 34.4 Å². The highest BCUT2D eigenvalue weighted by Gasteiger charge is 2.33. The van der Waals surface area contributed by atoms with Gasteiger partial charge in [0.1, 0.15) is 5.01 Å². The fourth-order valence-electron chi connectivity index (χ4n) is 3.59. The van der Waals surface area contributed by atoms with Crippen molar-refractivity contribution in [2.45, 2.75) is 25.8 Å². The number of hydrogen-bond acceptors (Lipinski definition) is 5. The number of fused-ring (bicyclic) bond motifs is 1. The first-order valence-corrected chi connectivity index (χ1v) is 10.9. The lowest BCUT2D eigenvalue weighted by molar-refractivity contribution is 0.0735. The van der Waals surface area contributed by atoms with Crippen molar-refractivity contribution in [3.05, 3.63) is 51.4 Å². The second-order valence-electron chi connectivity index (χ2n) is 6.60. The summed E-state index contributed by atoms with van der Waals surface area (Å²) >= 11 is 5.19. The van der Waals surface area contributed by atoms with E-state index in [0.29, 0.717) is 28.1 Å². The molecule has 1 unspecified atom stereocenters. The van der Waals surface area contributed by atoms with Crippen LogP contribution in [-0.2, 0) is 0 Å². The number of amides is 1. The van der Waals surface area contributed by atoms with E-state index in [4.69, 9.17) is 14.5 Å². The number of hydrogen-bond donors (Lipinski definition) is 0. The van der Waals surface area contributed by atoms with Crippen molar-refractivity contribution in [1.82, 2.24) is 9.88 Å². The Labute approximate surface area is 176 Å². The molecule has 3 aromatic rings. The van der Waals surface area contributed by atoms with E-state index in [1.54, 1.807) is 24.5 Å². The predicted molar refractivity (Wildman–Crippen MR) is 114 cm³/mol. The van der Waals surface area contributed by atoms with Crippen LogP contribution in [0.25, 0.3) is 10.2 Å². The molecular formula is C21H21BrN2O3S. The third-order valence-corrected chi connectivity index (χ3v) is 6.60. The highest BCUT2D eigenvalue weighted by Crippen LogP contribution is 2.40. The van der Waals surface area contributed by atoms with Gasteiger partial charge in [-0.1, -0.05) is 12.1 Å². The Hall–Kier alpha value is -2.12. The lowest BCUT2D eigenvalue weighted by Crippen LogP contribution is -2.30. The summed E-state index contributed by atoms with van der Waals surface area (Å²) in [6.07, 6.45) is 1.91. The third-order valence-electron chi connectivity index (χ3n) is 4.87. The first-order chi connectivity index (χ1) is 13.6. The molecule has 2 heterocycles. The van der Waals surface area contributed by atoms with Gasteiger partial charge >= 0.3 is 0 Å². The van der Waals surface area contributed by atoms with Gasteiger partial charge in [-0.05, 0) is 60.0 Å². The van der Waals surface area contributed by atoms with E-state index in [0.717, 1.165) is 34.6 Å². The Morgan fingerprint density at radius 3 is 2.93 bits per heavy atom. The molecule has 1 fully saturated rings. The van der Waals surface area contributed by atoms with E-state index < -0.39 is 0 Å². The molecule has 0 spiro atoms. The molecular weight excluding hydrogens is 440 g/mol. The molecule has 5 nitrogen and oxygen atoms in total. The summed E-state index contributed by atoms with van der Waals surface area (Å²) in [7, 11) is 1.58. The topological polar surface area (TPSA) is 51.7 Å². The van der Waals surface area contributed by atoms with Crippen LogP contribution in [0.1, 0.15) is 41.2 Å². The van der Waals surface area contributed by atoms with Crippen molar-refractivity contribution in [1.29, 1.82) is 0 Å². The number of nitrogens with zero attached hydrogens (tertiary/aromatic N) is 2. The number of thiazole rings is 1. The molecule has 1 aromatic heterocycles. The molecule has 1 aliphatic heterocycles. The largest absolute Gasteiger partial charge is 0.493 e. The predicted octanol–water partition coefficient (Wildman–Crippen LogP) is 5.44. The van der Waals surface area contributed by atoms with Crippen LogP contribution >= 0.6 is 27.3 Å². The third kappa shape index (κ3) is 3.49. The van der Waals surface area contributed by atoms with E-state index in [2.05, 4.69) is 22.0 Å². The van der Waals surface area contributed by atoms with Crippen LogP contribution < -0.4 is 9.47 Å². The SMILES string of the molecule is CCOc1c(Br)cc(C(=O)N2CCCC2c2nc3ccccc3s2)cc1OC. The van der Waals surface area contributed by atoms with E-state index in [1.807, 2.05) is 36.1 Å². The second-order valence-corrected chi connectivity index (χ2v) is 8.52. The van der Waals surface area contributed by atoms with Gasteiger partial charge in [-0.2, -0.15) is 0 Å². The van der Waals surface area contributed by atoms with Gasteiger partial charge in [-0.15, -0.1) is 11.3 Å². The Balaban J connectivity index is 1.66. The van der Waals surface area contributed by atoms with E-state index in [-0.39, 0.29) is 11.9 Å². The Bertz CT molecular complexity index is 987. The number of carbonyl (C=O) groups excluding carboxylic acids is 1. The highest BCUT2D eigenvalue weighted by atomic mass is 79.9. The van der Waals surface area contributed by atoms with Crippen molar-refractivity contribution in [3.8, 4) is 11.5 Å². The smallest absolute Gasteiger partial charge is 0.254 e. The maximum absolute atomic E-state index is 13.3. The molecule has 0 radical (unpaired) electrons. The Kier molecular flexibility index (Phi) is 5.55. The molecule has 1 amide bonds. The monoisotopic (exact) mass is 460 g/mol. The lowest BCUT2D eigenvalue weighted by atomic mass is 10.1. The van der Waals surface area contributed by atoms with Gasteiger partial charge in [-0.3, -0.25) is 4.79 Å². The number of rotatable bonds is 5. The fourth-order valence-corrected chi connectivity index (χ4v) is 5.26. The highest BCUT2D eigenvalue weighted by molar-refractivity contribution is 9.10. The van der Waals surface area contributed by atoms with Crippen LogP contribution in [0, 0.1) is 0 Å². The molecule has 1 saturated heterocycles. The maximum atomic E-state index is 13.3. The Morgan fingerprint density at radius 1 is 1.36 bits per heavy atom. The molecule has 28 heavy (non-hydrogen) atoms. The molecule has 0 saturated carbocycles. The number of methoxy groups -OCH3 is 1. The van der Waals surface area contributed by atoms with Crippen molar-refractivity contribution < 1.29 is 14.3 Å². The molecule has 0 aliphatic carbocycles. The zero-order valence-electron chi connectivity index (χ0n) is 15.8. The molecule has 7 heteroatoms. The van der Waals surface area contributed by atoms with Crippen molar-refractivity contribution >= 4 is 43.4 Å². The standard InChI is InChI=1S/C21H21BrN2O3S/c1-3-27-19-14(22)11-13(12-17(19)26-2)21(25)24-10-6-8-16(24)20-23-15-7-4-5-9-18(15)28-20/h4-5,7,9,11-12,16H,3,6,8,10H2,1-2H3. The van der Waals surface area contributed by atoms with Crippen molar-refractivity contribution in [2.24, 2.45) is 0 Å². The molecule has 0 N–H and O–H groups in total. The summed E-state index contributed by atoms with van der Waals surface area (Å²) in [4.78, 5) is 20.0. The number of likely N-dealkylation sites (tertiary alicyclic amines) is 1. The summed E-state index contributed by atoms with van der Waals surface area (Å²) in [6.45, 7) is 3.17. The van der Waals surface area contributed by atoms with Gasteiger partial charge in [0.15, 0.2) is 11.5 Å². The molecule has 146 valence electrons. The summed E-state index contributed by atoms with van der Waals surface area (Å²) in [5.74, 6) is 1.16. The van der Waals surface area contributed by atoms with Crippen LogP contribution in [0.2, 0.25) is 0 Å². The normalized spacial score (nSPS) is 16.5. The van der Waals surface area contributed by atoms with Crippen LogP contribution in [0.5, 0.6) is 11.5 Å². The number of halogens is 1. The van der Waals surface area contributed by atoms with Crippen LogP contribution in [0.4, 0.5) is 0 Å². The molecule has 1 atom stereocenters. The van der Waals surface area contributed by atoms with Crippen LogP contribution in [0.3, 0.4) is 0 Å². The summed E-state index contributed by atoms with van der Waals surface area (Å²) < 4.78 is 13.0. The fraction of sp³-hybridized carbons (Fsp3) is 0.333. The average Bonchev–Trinajstić information content (AvgIpc) is 3.35. The first kappa shape index (κ1) is 19.2. The minimum atomic E-state index is -0.0104. The van der Waals surface area contributed by atoms with Gasteiger partial charge < -0.3 is 14.4 Å². The second kappa shape index (κ2) is 8.09. The molecule has 0 bridgehead atoms. The van der Waals surface area contributed by atoms with Crippen LogP contribution in [-0.4, -0.2) is 36.1 Å². The molecule has 1 aliphatic rings. The molecule has 4 rings (SSSR count).